The Kier molecular flexibility index (Phi) is 5.78. The van der Waals surface area contributed by atoms with Crippen molar-refractivity contribution in [2.24, 2.45) is 11.8 Å². The van der Waals surface area contributed by atoms with Crippen LogP contribution >= 0.6 is 0 Å². The van der Waals surface area contributed by atoms with Crippen LogP contribution in [-0.4, -0.2) is 43.4 Å². The molecule has 2 aliphatic rings. The third kappa shape index (κ3) is 3.97. The number of benzene rings is 1. The van der Waals surface area contributed by atoms with E-state index in [0.29, 0.717) is 36.4 Å². The van der Waals surface area contributed by atoms with Crippen molar-refractivity contribution >= 4 is 23.4 Å². The minimum absolute atomic E-state index is 0.107. The van der Waals surface area contributed by atoms with Gasteiger partial charge in [-0.05, 0) is 31.4 Å². The topological polar surface area (TPSA) is 84.9 Å². The highest BCUT2D eigenvalue weighted by atomic mass is 16.5. The Morgan fingerprint density at radius 2 is 1.78 bits per heavy atom. The lowest BCUT2D eigenvalue weighted by atomic mass is 9.85. The molecule has 1 heterocycles. The van der Waals surface area contributed by atoms with E-state index in [4.69, 9.17) is 9.47 Å². The summed E-state index contributed by atoms with van der Waals surface area (Å²) in [5.41, 5.74) is 0.521. The van der Waals surface area contributed by atoms with Crippen LogP contribution in [0.2, 0.25) is 0 Å². The first-order chi connectivity index (χ1) is 13.0. The number of carbonyl (C=O) groups excluding carboxylic acids is 3. The van der Waals surface area contributed by atoms with E-state index in [1.807, 2.05) is 12.2 Å². The summed E-state index contributed by atoms with van der Waals surface area (Å²) in [6, 6.07) is 5.14. The average molecular weight is 372 g/mol. The molecule has 1 aliphatic heterocycles. The number of likely N-dealkylation sites (tertiary alicyclic amines) is 1. The normalized spacial score (nSPS) is 21.2. The van der Waals surface area contributed by atoms with Crippen molar-refractivity contribution in [2.75, 3.05) is 26.1 Å². The molecule has 0 aromatic heterocycles. The van der Waals surface area contributed by atoms with E-state index < -0.39 is 0 Å². The quantitative estimate of drug-likeness (QED) is 0.587. The molecular weight excluding hydrogens is 348 g/mol. The van der Waals surface area contributed by atoms with E-state index in [1.165, 1.54) is 12.0 Å². The highest BCUT2D eigenvalue weighted by Crippen LogP contribution is 2.35. The summed E-state index contributed by atoms with van der Waals surface area (Å²) < 4.78 is 10.4. The Morgan fingerprint density at radius 3 is 2.37 bits per heavy atom. The molecule has 1 saturated heterocycles. The van der Waals surface area contributed by atoms with Crippen LogP contribution in [0.3, 0.4) is 0 Å². The molecule has 3 amide bonds. The summed E-state index contributed by atoms with van der Waals surface area (Å²) >= 11 is 0. The molecule has 0 bridgehead atoms. The average Bonchev–Trinajstić information content (AvgIpc) is 2.93. The molecular formula is C20H24N2O5. The molecule has 0 unspecified atom stereocenters. The van der Waals surface area contributed by atoms with E-state index in [9.17, 15) is 14.4 Å². The summed E-state index contributed by atoms with van der Waals surface area (Å²) in [7, 11) is 3.07. The highest BCUT2D eigenvalue weighted by molar-refractivity contribution is 6.05. The van der Waals surface area contributed by atoms with Crippen molar-refractivity contribution in [3.8, 4) is 11.5 Å². The minimum atomic E-state index is -0.225. The molecule has 3 rings (SSSR count). The van der Waals surface area contributed by atoms with Crippen LogP contribution in [-0.2, 0) is 14.4 Å². The zero-order valence-electron chi connectivity index (χ0n) is 15.6. The first-order valence-corrected chi connectivity index (χ1v) is 9.07. The standard InChI is InChI=1S/C20H24N2O5/c1-26-13-9-10-17(27-2)16(12-13)21-18(23)8-5-11-22-19(24)14-6-3-4-7-15(14)20(22)25/h3-4,9-10,12,14-15H,5-8,11H2,1-2H3,(H,21,23)/t14-,15+. The second-order valence-electron chi connectivity index (χ2n) is 6.70. The van der Waals surface area contributed by atoms with Crippen molar-refractivity contribution < 1.29 is 23.9 Å². The summed E-state index contributed by atoms with van der Waals surface area (Å²) in [5, 5.41) is 2.79. The molecule has 0 saturated carbocycles. The SMILES string of the molecule is COc1ccc(OC)c(NC(=O)CCCN2C(=O)[C@H]3CC=CC[C@H]3C2=O)c1. The number of carbonyl (C=O) groups is 3. The molecule has 7 heteroatoms. The highest BCUT2D eigenvalue weighted by Gasteiger charge is 2.46. The third-order valence-electron chi connectivity index (χ3n) is 5.07. The number of hydrogen-bond acceptors (Lipinski definition) is 5. The second kappa shape index (κ2) is 8.24. The lowest BCUT2D eigenvalue weighted by Gasteiger charge is -2.15. The fraction of sp³-hybridized carbons (Fsp3) is 0.450. The maximum atomic E-state index is 12.4. The number of rotatable bonds is 7. The predicted molar refractivity (Wildman–Crippen MR) is 99.5 cm³/mol. The number of amides is 3. The molecule has 7 nitrogen and oxygen atoms in total. The monoisotopic (exact) mass is 372 g/mol. The van der Waals surface area contributed by atoms with Gasteiger partial charge in [-0.2, -0.15) is 0 Å². The number of hydrogen-bond donors (Lipinski definition) is 1. The van der Waals surface area contributed by atoms with Crippen LogP contribution in [0.1, 0.15) is 25.7 Å². The minimum Gasteiger partial charge on any atom is -0.497 e. The zero-order valence-corrected chi connectivity index (χ0v) is 15.6. The number of nitrogens with one attached hydrogen (secondary N) is 1. The van der Waals surface area contributed by atoms with Gasteiger partial charge < -0.3 is 14.8 Å². The van der Waals surface area contributed by atoms with Gasteiger partial charge in [0.15, 0.2) is 0 Å². The van der Waals surface area contributed by atoms with E-state index in [-0.39, 0.29) is 42.5 Å². The molecule has 1 fully saturated rings. The van der Waals surface area contributed by atoms with Gasteiger partial charge >= 0.3 is 0 Å². The predicted octanol–water partition coefficient (Wildman–Crippen LogP) is 2.37. The lowest BCUT2D eigenvalue weighted by molar-refractivity contribution is -0.140. The third-order valence-corrected chi connectivity index (χ3v) is 5.07. The van der Waals surface area contributed by atoms with Crippen molar-refractivity contribution in [1.82, 2.24) is 4.90 Å². The second-order valence-corrected chi connectivity index (χ2v) is 6.70. The van der Waals surface area contributed by atoms with Crippen molar-refractivity contribution in [1.29, 1.82) is 0 Å². The van der Waals surface area contributed by atoms with Crippen molar-refractivity contribution in [3.63, 3.8) is 0 Å². The Hall–Kier alpha value is -2.83. The summed E-state index contributed by atoms with van der Waals surface area (Å²) in [6.45, 7) is 0.271. The molecule has 27 heavy (non-hydrogen) atoms. The van der Waals surface area contributed by atoms with Crippen LogP contribution in [0.4, 0.5) is 5.69 Å². The van der Waals surface area contributed by atoms with E-state index in [1.54, 1.807) is 25.3 Å². The number of imide groups is 1. The van der Waals surface area contributed by atoms with Crippen LogP contribution in [0, 0.1) is 11.8 Å². The van der Waals surface area contributed by atoms with Gasteiger partial charge in [-0.25, -0.2) is 0 Å². The van der Waals surface area contributed by atoms with Crippen molar-refractivity contribution in [2.45, 2.75) is 25.7 Å². The van der Waals surface area contributed by atoms with Crippen LogP contribution < -0.4 is 14.8 Å². The zero-order chi connectivity index (χ0) is 19.4. The van der Waals surface area contributed by atoms with E-state index in [0.717, 1.165) is 0 Å². The molecule has 1 aromatic carbocycles. The fourth-order valence-electron chi connectivity index (χ4n) is 3.61. The van der Waals surface area contributed by atoms with Gasteiger partial charge in [0.2, 0.25) is 17.7 Å². The largest absolute Gasteiger partial charge is 0.497 e. The summed E-state index contributed by atoms with van der Waals surface area (Å²) in [4.78, 5) is 38.4. The van der Waals surface area contributed by atoms with E-state index in [2.05, 4.69) is 5.32 Å². The van der Waals surface area contributed by atoms with E-state index >= 15 is 0 Å². The Bertz CT molecular complexity index is 748. The molecule has 0 spiro atoms. The maximum Gasteiger partial charge on any atom is 0.233 e. The van der Waals surface area contributed by atoms with Gasteiger partial charge in [0.05, 0.1) is 31.7 Å². The molecule has 1 aromatic rings. The summed E-state index contributed by atoms with van der Waals surface area (Å²) in [6.07, 6.45) is 5.80. The van der Waals surface area contributed by atoms with Crippen LogP contribution in [0.5, 0.6) is 11.5 Å². The summed E-state index contributed by atoms with van der Waals surface area (Å²) in [5.74, 6) is 0.268. The number of ether oxygens (including phenoxy) is 2. The van der Waals surface area contributed by atoms with Gasteiger partial charge in [-0.15, -0.1) is 0 Å². The van der Waals surface area contributed by atoms with Gasteiger partial charge in [0.1, 0.15) is 11.5 Å². The van der Waals surface area contributed by atoms with Gasteiger partial charge in [0.25, 0.3) is 0 Å². The maximum absolute atomic E-state index is 12.4. The molecule has 2 atom stereocenters. The molecule has 1 aliphatic carbocycles. The number of nitrogens with zero attached hydrogens (tertiary/aromatic N) is 1. The van der Waals surface area contributed by atoms with Gasteiger partial charge in [-0.1, -0.05) is 12.2 Å². The Labute approximate surface area is 158 Å². The first-order valence-electron chi connectivity index (χ1n) is 9.07. The number of methoxy groups -OCH3 is 2. The smallest absolute Gasteiger partial charge is 0.233 e. The van der Waals surface area contributed by atoms with Gasteiger partial charge in [0, 0.05) is 19.0 Å². The molecule has 144 valence electrons. The Morgan fingerprint density at radius 1 is 1.11 bits per heavy atom. The number of fused-ring (bicyclic) bond motifs is 1. The Balaban J connectivity index is 1.53. The van der Waals surface area contributed by atoms with Crippen LogP contribution in [0.25, 0.3) is 0 Å². The van der Waals surface area contributed by atoms with Crippen molar-refractivity contribution in [3.05, 3.63) is 30.4 Å². The van der Waals surface area contributed by atoms with Gasteiger partial charge in [-0.3, -0.25) is 19.3 Å². The first kappa shape index (κ1) is 18.9. The lowest BCUT2D eigenvalue weighted by Crippen LogP contribution is -2.32. The fourth-order valence-corrected chi connectivity index (χ4v) is 3.61. The molecule has 0 radical (unpaired) electrons. The van der Waals surface area contributed by atoms with Crippen LogP contribution in [0.15, 0.2) is 30.4 Å². The number of allylic oxidation sites excluding steroid dienone is 2. The number of anilines is 1. The molecule has 1 N–H and O–H groups in total.